The van der Waals surface area contributed by atoms with Crippen LogP contribution in [0.2, 0.25) is 0 Å². The van der Waals surface area contributed by atoms with Crippen molar-refractivity contribution in [2.45, 2.75) is 20.8 Å². The van der Waals surface area contributed by atoms with Gasteiger partial charge in [0.2, 0.25) is 6.79 Å². The first-order valence-electron chi connectivity index (χ1n) is 10.4. The molecule has 0 spiro atoms. The number of aryl methyl sites for hydroxylation is 3. The topological polar surface area (TPSA) is 67.9 Å². The predicted octanol–water partition coefficient (Wildman–Crippen LogP) is 4.74. The molecule has 0 fully saturated rings. The van der Waals surface area contributed by atoms with Gasteiger partial charge in [0, 0.05) is 11.8 Å². The Bertz CT molecular complexity index is 1310. The highest BCUT2D eigenvalue weighted by molar-refractivity contribution is 6.46. The molecule has 6 nitrogen and oxygen atoms in total. The maximum atomic E-state index is 13.6. The summed E-state index contributed by atoms with van der Waals surface area (Å²) in [5.74, 6) is 0.489. The summed E-state index contributed by atoms with van der Waals surface area (Å²) in [6.45, 7) is 6.09. The molecule has 0 bridgehead atoms. The molecule has 0 unspecified atom stereocenters. The second-order valence-corrected chi connectivity index (χ2v) is 8.03. The third kappa shape index (κ3) is 3.30. The van der Waals surface area contributed by atoms with Crippen LogP contribution in [0.25, 0.3) is 5.57 Å². The fourth-order valence-corrected chi connectivity index (χ4v) is 3.93. The average molecular weight is 426 g/mol. The van der Waals surface area contributed by atoms with Gasteiger partial charge in [0.05, 0.1) is 11.3 Å². The lowest BCUT2D eigenvalue weighted by molar-refractivity contribution is -0.120. The molecule has 2 amide bonds. The lowest BCUT2D eigenvalue weighted by atomic mass is 9.99. The van der Waals surface area contributed by atoms with Gasteiger partial charge in [-0.15, -0.1) is 0 Å². The van der Waals surface area contributed by atoms with Crippen molar-refractivity contribution in [1.82, 2.24) is 0 Å². The van der Waals surface area contributed by atoms with Crippen molar-refractivity contribution in [2.24, 2.45) is 0 Å². The molecule has 3 aromatic carbocycles. The van der Waals surface area contributed by atoms with E-state index in [-0.39, 0.29) is 18.4 Å². The molecule has 1 N–H and O–H groups in total. The number of carbonyl (C=O) groups is 2. The molecular weight excluding hydrogens is 404 g/mol. The maximum absolute atomic E-state index is 13.6. The number of nitrogens with zero attached hydrogens (tertiary/aromatic N) is 1. The number of carbonyl (C=O) groups excluding carboxylic acids is 2. The van der Waals surface area contributed by atoms with Crippen LogP contribution in [0.15, 0.2) is 66.4 Å². The molecule has 2 heterocycles. The third-order valence-corrected chi connectivity index (χ3v) is 5.78. The zero-order chi connectivity index (χ0) is 22.4. The highest BCUT2D eigenvalue weighted by Crippen LogP contribution is 2.38. The van der Waals surface area contributed by atoms with Crippen LogP contribution in [-0.4, -0.2) is 18.6 Å². The number of amides is 2. The molecule has 0 atom stereocenters. The molecule has 0 aromatic heterocycles. The minimum absolute atomic E-state index is 0.161. The fourth-order valence-electron chi connectivity index (χ4n) is 3.93. The first-order chi connectivity index (χ1) is 15.4. The van der Waals surface area contributed by atoms with Crippen molar-refractivity contribution >= 4 is 28.8 Å². The number of ether oxygens (including phenoxy) is 2. The zero-order valence-corrected chi connectivity index (χ0v) is 18.1. The van der Waals surface area contributed by atoms with E-state index < -0.39 is 5.91 Å². The van der Waals surface area contributed by atoms with E-state index >= 15 is 0 Å². The standard InChI is InChI=1S/C26H22N2O4/c1-15-5-4-6-20(11-15)28-25(29)23(18-8-7-16(2)17(3)12-18)24(26(28)30)27-19-9-10-21-22(13-19)32-14-31-21/h4-13,27H,14H2,1-3H3. The van der Waals surface area contributed by atoms with Crippen molar-refractivity contribution in [3.63, 3.8) is 0 Å². The normalized spacial score (nSPS) is 15.0. The van der Waals surface area contributed by atoms with E-state index in [1.165, 1.54) is 4.90 Å². The molecule has 0 radical (unpaired) electrons. The van der Waals surface area contributed by atoms with Gasteiger partial charge in [-0.1, -0.05) is 30.3 Å². The monoisotopic (exact) mass is 426 g/mol. The van der Waals surface area contributed by atoms with E-state index in [1.807, 2.05) is 57.2 Å². The maximum Gasteiger partial charge on any atom is 0.282 e. The van der Waals surface area contributed by atoms with E-state index in [0.29, 0.717) is 34.0 Å². The number of hydrogen-bond acceptors (Lipinski definition) is 5. The van der Waals surface area contributed by atoms with Crippen LogP contribution in [0.5, 0.6) is 11.5 Å². The number of rotatable bonds is 4. The van der Waals surface area contributed by atoms with Crippen LogP contribution in [-0.2, 0) is 9.59 Å². The predicted molar refractivity (Wildman–Crippen MR) is 123 cm³/mol. The van der Waals surface area contributed by atoms with Gasteiger partial charge in [-0.05, 0) is 67.3 Å². The lowest BCUT2D eigenvalue weighted by Crippen LogP contribution is -2.32. The zero-order valence-electron chi connectivity index (χ0n) is 18.1. The third-order valence-electron chi connectivity index (χ3n) is 5.78. The minimum atomic E-state index is -0.397. The Labute approximate surface area is 186 Å². The summed E-state index contributed by atoms with van der Waals surface area (Å²) < 4.78 is 10.8. The van der Waals surface area contributed by atoms with Gasteiger partial charge in [-0.3, -0.25) is 9.59 Å². The number of hydrogen-bond donors (Lipinski definition) is 1. The molecule has 0 saturated carbocycles. The molecule has 0 saturated heterocycles. The number of nitrogens with one attached hydrogen (secondary N) is 1. The molecule has 5 rings (SSSR count). The SMILES string of the molecule is Cc1cccc(N2C(=O)C(Nc3ccc4c(c3)OCO4)=C(c3ccc(C)c(C)c3)C2=O)c1. The Balaban J connectivity index is 1.62. The van der Waals surface area contributed by atoms with Gasteiger partial charge < -0.3 is 14.8 Å². The Morgan fingerprint density at radius 3 is 2.41 bits per heavy atom. The Hall–Kier alpha value is -4.06. The van der Waals surface area contributed by atoms with Crippen LogP contribution in [0.3, 0.4) is 0 Å². The summed E-state index contributed by atoms with van der Waals surface area (Å²) in [7, 11) is 0. The van der Waals surface area contributed by atoms with E-state index in [2.05, 4.69) is 5.32 Å². The van der Waals surface area contributed by atoms with Crippen molar-refractivity contribution < 1.29 is 19.1 Å². The van der Waals surface area contributed by atoms with Crippen molar-refractivity contribution in [3.05, 3.63) is 88.6 Å². The van der Waals surface area contributed by atoms with Gasteiger partial charge in [-0.25, -0.2) is 4.90 Å². The highest BCUT2D eigenvalue weighted by Gasteiger charge is 2.40. The van der Waals surface area contributed by atoms with E-state index in [0.717, 1.165) is 16.7 Å². The molecule has 3 aromatic rings. The number of benzene rings is 3. The second-order valence-electron chi connectivity index (χ2n) is 8.03. The van der Waals surface area contributed by atoms with Crippen LogP contribution < -0.4 is 19.7 Å². The molecule has 0 aliphatic carbocycles. The molecule has 32 heavy (non-hydrogen) atoms. The average Bonchev–Trinajstić information content (AvgIpc) is 3.32. The Morgan fingerprint density at radius 1 is 0.812 bits per heavy atom. The molecule has 2 aliphatic heterocycles. The molecular formula is C26H22N2O4. The second kappa shape index (κ2) is 7.57. The van der Waals surface area contributed by atoms with Gasteiger partial charge in [0.1, 0.15) is 5.70 Å². The van der Waals surface area contributed by atoms with E-state index in [4.69, 9.17) is 9.47 Å². The van der Waals surface area contributed by atoms with Gasteiger partial charge in [-0.2, -0.15) is 0 Å². The summed E-state index contributed by atoms with van der Waals surface area (Å²) in [6.07, 6.45) is 0. The van der Waals surface area contributed by atoms with Crippen molar-refractivity contribution in [3.8, 4) is 11.5 Å². The lowest BCUT2D eigenvalue weighted by Gasteiger charge is -2.16. The quantitative estimate of drug-likeness (QED) is 0.611. The largest absolute Gasteiger partial charge is 0.454 e. The summed E-state index contributed by atoms with van der Waals surface area (Å²) in [5, 5.41) is 3.18. The Morgan fingerprint density at radius 2 is 1.62 bits per heavy atom. The van der Waals surface area contributed by atoms with E-state index in [9.17, 15) is 9.59 Å². The first kappa shape index (κ1) is 19.9. The highest BCUT2D eigenvalue weighted by atomic mass is 16.7. The van der Waals surface area contributed by atoms with Crippen LogP contribution in [0.1, 0.15) is 22.3 Å². The van der Waals surface area contributed by atoms with Gasteiger partial charge in [0.25, 0.3) is 11.8 Å². The number of imide groups is 1. The van der Waals surface area contributed by atoms with Crippen LogP contribution in [0, 0.1) is 20.8 Å². The number of anilines is 2. The van der Waals surface area contributed by atoms with Crippen molar-refractivity contribution in [2.75, 3.05) is 17.0 Å². The fraction of sp³-hybridized carbons (Fsp3) is 0.154. The molecule has 160 valence electrons. The van der Waals surface area contributed by atoms with E-state index in [1.54, 1.807) is 24.3 Å². The van der Waals surface area contributed by atoms with Gasteiger partial charge in [0.15, 0.2) is 11.5 Å². The van der Waals surface area contributed by atoms with Crippen molar-refractivity contribution in [1.29, 1.82) is 0 Å². The summed E-state index contributed by atoms with van der Waals surface area (Å²) >= 11 is 0. The smallest absolute Gasteiger partial charge is 0.282 e. The minimum Gasteiger partial charge on any atom is -0.454 e. The van der Waals surface area contributed by atoms with Crippen LogP contribution in [0.4, 0.5) is 11.4 Å². The van der Waals surface area contributed by atoms with Crippen LogP contribution >= 0.6 is 0 Å². The summed E-state index contributed by atoms with van der Waals surface area (Å²) in [4.78, 5) is 28.3. The van der Waals surface area contributed by atoms with Gasteiger partial charge >= 0.3 is 0 Å². The first-order valence-corrected chi connectivity index (χ1v) is 10.4. The molecule has 2 aliphatic rings. The number of fused-ring (bicyclic) bond motifs is 1. The summed E-state index contributed by atoms with van der Waals surface area (Å²) in [5.41, 5.74) is 5.59. The molecule has 6 heteroatoms. The summed E-state index contributed by atoms with van der Waals surface area (Å²) in [6, 6.07) is 18.5. The Kier molecular flexibility index (Phi) is 4.70.